The van der Waals surface area contributed by atoms with Crippen molar-refractivity contribution in [3.05, 3.63) is 35.9 Å². The summed E-state index contributed by atoms with van der Waals surface area (Å²) in [5, 5.41) is 10.0. The molecule has 0 fully saturated rings. The molecule has 0 bridgehead atoms. The highest BCUT2D eigenvalue weighted by atomic mass is 16.5. The van der Waals surface area contributed by atoms with Gasteiger partial charge in [0.1, 0.15) is 0 Å². The van der Waals surface area contributed by atoms with E-state index < -0.39 is 6.10 Å². The maximum absolute atomic E-state index is 10.0. The number of hydrogen-bond donors (Lipinski definition) is 1. The molecule has 0 aromatic heterocycles. The van der Waals surface area contributed by atoms with Crippen LogP contribution in [-0.2, 0) is 16.1 Å². The van der Waals surface area contributed by atoms with Crippen LogP contribution < -0.4 is 0 Å². The molecule has 0 aliphatic heterocycles. The lowest BCUT2D eigenvalue weighted by Crippen LogP contribution is -2.42. The summed E-state index contributed by atoms with van der Waals surface area (Å²) in [7, 11) is 1.70. The zero-order valence-electron chi connectivity index (χ0n) is 12.8. The van der Waals surface area contributed by atoms with Gasteiger partial charge in [-0.05, 0) is 19.0 Å². The predicted molar refractivity (Wildman–Crippen MR) is 80.7 cm³/mol. The van der Waals surface area contributed by atoms with Gasteiger partial charge >= 0.3 is 0 Å². The van der Waals surface area contributed by atoms with Crippen molar-refractivity contribution in [3.63, 3.8) is 0 Å². The van der Waals surface area contributed by atoms with Gasteiger partial charge in [0.05, 0.1) is 25.9 Å². The number of rotatable bonds is 10. The number of likely N-dealkylation sites (N-methyl/N-ethyl adjacent to an activating group) is 1. The first-order valence-corrected chi connectivity index (χ1v) is 7.20. The summed E-state index contributed by atoms with van der Waals surface area (Å²) < 4.78 is 10.7. The Balaban J connectivity index is 2.26. The third kappa shape index (κ3) is 6.48. The summed E-state index contributed by atoms with van der Waals surface area (Å²) in [6, 6.07) is 10.3. The average molecular weight is 281 g/mol. The van der Waals surface area contributed by atoms with Gasteiger partial charge in [0.2, 0.25) is 0 Å². The third-order valence-corrected chi connectivity index (χ3v) is 3.30. The molecule has 0 saturated heterocycles. The zero-order valence-corrected chi connectivity index (χ0v) is 12.8. The second-order valence-electron chi connectivity index (χ2n) is 5.05. The van der Waals surface area contributed by atoms with Gasteiger partial charge in [-0.25, -0.2) is 0 Å². The highest BCUT2D eigenvalue weighted by Crippen LogP contribution is 2.04. The molecule has 20 heavy (non-hydrogen) atoms. The molecule has 0 radical (unpaired) electrons. The Bertz CT molecular complexity index is 345. The van der Waals surface area contributed by atoms with Gasteiger partial charge in [0, 0.05) is 19.7 Å². The minimum Gasteiger partial charge on any atom is -0.389 e. The predicted octanol–water partition coefficient (Wildman–Crippen LogP) is 1.92. The van der Waals surface area contributed by atoms with Crippen molar-refractivity contribution >= 4 is 0 Å². The molecule has 4 nitrogen and oxygen atoms in total. The van der Waals surface area contributed by atoms with Crippen LogP contribution >= 0.6 is 0 Å². The summed E-state index contributed by atoms with van der Waals surface area (Å²) in [5.41, 5.74) is 1.12. The Morgan fingerprint density at radius 2 is 1.90 bits per heavy atom. The van der Waals surface area contributed by atoms with Crippen LogP contribution in [0, 0.1) is 0 Å². The lowest BCUT2D eigenvalue weighted by atomic mass is 10.2. The number of aliphatic hydroxyl groups is 1. The van der Waals surface area contributed by atoms with Gasteiger partial charge in [-0.15, -0.1) is 0 Å². The molecule has 0 amide bonds. The van der Waals surface area contributed by atoms with Crippen molar-refractivity contribution in [2.24, 2.45) is 0 Å². The van der Waals surface area contributed by atoms with Crippen LogP contribution in [0.1, 0.15) is 19.4 Å². The Kier molecular flexibility index (Phi) is 8.46. The molecule has 0 heterocycles. The van der Waals surface area contributed by atoms with E-state index >= 15 is 0 Å². The number of nitrogens with zero attached hydrogens (tertiary/aromatic N) is 1. The Morgan fingerprint density at radius 3 is 2.50 bits per heavy atom. The van der Waals surface area contributed by atoms with Crippen molar-refractivity contribution in [2.45, 2.75) is 32.6 Å². The first kappa shape index (κ1) is 17.1. The molecule has 1 aromatic rings. The van der Waals surface area contributed by atoms with E-state index in [0.29, 0.717) is 32.4 Å². The van der Waals surface area contributed by atoms with E-state index in [9.17, 15) is 5.11 Å². The van der Waals surface area contributed by atoms with E-state index in [1.54, 1.807) is 7.11 Å². The molecule has 2 atom stereocenters. The highest BCUT2D eigenvalue weighted by molar-refractivity contribution is 5.13. The largest absolute Gasteiger partial charge is 0.389 e. The van der Waals surface area contributed by atoms with Gasteiger partial charge < -0.3 is 14.6 Å². The van der Waals surface area contributed by atoms with Gasteiger partial charge in [0.15, 0.2) is 0 Å². The standard InChI is InChI=1S/C16H27NO3/c1-4-17(14(2)11-19-3)10-16(18)13-20-12-15-8-6-5-7-9-15/h5-9,14,16,18H,4,10-13H2,1-3H3. The smallest absolute Gasteiger partial charge is 0.0900 e. The van der Waals surface area contributed by atoms with Gasteiger partial charge in [-0.1, -0.05) is 37.3 Å². The fourth-order valence-electron chi connectivity index (χ4n) is 2.18. The topological polar surface area (TPSA) is 41.9 Å². The summed E-state index contributed by atoms with van der Waals surface area (Å²) in [4.78, 5) is 2.19. The van der Waals surface area contributed by atoms with Crippen LogP contribution in [0.4, 0.5) is 0 Å². The number of ether oxygens (including phenoxy) is 2. The number of aliphatic hydroxyl groups excluding tert-OH is 1. The molecule has 0 aliphatic rings. The molecule has 0 saturated carbocycles. The van der Waals surface area contributed by atoms with Gasteiger partial charge in [-0.3, -0.25) is 4.90 Å². The number of benzene rings is 1. The van der Waals surface area contributed by atoms with Crippen molar-refractivity contribution in [2.75, 3.05) is 33.4 Å². The molecule has 1 aromatic carbocycles. The van der Waals surface area contributed by atoms with Crippen LogP contribution in [-0.4, -0.2) is 55.6 Å². The van der Waals surface area contributed by atoms with Gasteiger partial charge in [0.25, 0.3) is 0 Å². The minimum atomic E-state index is -0.474. The molecule has 114 valence electrons. The van der Waals surface area contributed by atoms with Crippen LogP contribution in [0.2, 0.25) is 0 Å². The Morgan fingerprint density at radius 1 is 1.20 bits per heavy atom. The van der Waals surface area contributed by atoms with Gasteiger partial charge in [-0.2, -0.15) is 0 Å². The Labute approximate surface area is 122 Å². The summed E-state index contributed by atoms with van der Waals surface area (Å²) >= 11 is 0. The molecule has 1 rings (SSSR count). The summed E-state index contributed by atoms with van der Waals surface area (Å²) in [5.74, 6) is 0. The molecule has 2 unspecified atom stereocenters. The van der Waals surface area contributed by atoms with E-state index in [4.69, 9.17) is 9.47 Å². The van der Waals surface area contributed by atoms with Crippen LogP contribution in [0.5, 0.6) is 0 Å². The molecule has 4 heteroatoms. The van der Waals surface area contributed by atoms with Crippen LogP contribution in [0.25, 0.3) is 0 Å². The lowest BCUT2D eigenvalue weighted by molar-refractivity contribution is -0.00273. The quantitative estimate of drug-likeness (QED) is 0.711. The molecular formula is C16H27NO3. The zero-order chi connectivity index (χ0) is 14.8. The van der Waals surface area contributed by atoms with E-state index in [-0.39, 0.29) is 0 Å². The van der Waals surface area contributed by atoms with E-state index in [1.165, 1.54) is 0 Å². The third-order valence-electron chi connectivity index (χ3n) is 3.30. The Hall–Kier alpha value is -0.940. The van der Waals surface area contributed by atoms with E-state index in [2.05, 4.69) is 18.7 Å². The van der Waals surface area contributed by atoms with E-state index in [1.807, 2.05) is 30.3 Å². The average Bonchev–Trinajstić information content (AvgIpc) is 2.46. The van der Waals surface area contributed by atoms with Crippen molar-refractivity contribution < 1.29 is 14.6 Å². The molecule has 1 N–H and O–H groups in total. The normalized spacial score (nSPS) is 14.4. The lowest BCUT2D eigenvalue weighted by Gasteiger charge is -2.29. The van der Waals surface area contributed by atoms with Crippen molar-refractivity contribution in [1.82, 2.24) is 4.90 Å². The van der Waals surface area contributed by atoms with Crippen LogP contribution in [0.3, 0.4) is 0 Å². The van der Waals surface area contributed by atoms with Crippen molar-refractivity contribution in [3.8, 4) is 0 Å². The maximum Gasteiger partial charge on any atom is 0.0900 e. The maximum atomic E-state index is 10.0. The fraction of sp³-hybridized carbons (Fsp3) is 0.625. The first-order valence-electron chi connectivity index (χ1n) is 7.20. The second-order valence-corrected chi connectivity index (χ2v) is 5.05. The fourth-order valence-corrected chi connectivity index (χ4v) is 2.18. The number of methoxy groups -OCH3 is 1. The molecule has 0 spiro atoms. The minimum absolute atomic E-state index is 0.300. The van der Waals surface area contributed by atoms with E-state index in [0.717, 1.165) is 12.1 Å². The SMILES string of the molecule is CCN(CC(O)COCc1ccccc1)C(C)COC. The van der Waals surface area contributed by atoms with Crippen LogP contribution in [0.15, 0.2) is 30.3 Å². The second kappa shape index (κ2) is 9.88. The summed E-state index contributed by atoms with van der Waals surface area (Å²) in [6.45, 7) is 7.25. The monoisotopic (exact) mass is 281 g/mol. The number of hydrogen-bond acceptors (Lipinski definition) is 4. The highest BCUT2D eigenvalue weighted by Gasteiger charge is 2.16. The summed E-state index contributed by atoms with van der Waals surface area (Å²) in [6.07, 6.45) is -0.474. The first-order chi connectivity index (χ1) is 9.67. The molecule has 0 aliphatic carbocycles. The molecular weight excluding hydrogens is 254 g/mol. The van der Waals surface area contributed by atoms with Crippen molar-refractivity contribution in [1.29, 1.82) is 0 Å².